The van der Waals surface area contributed by atoms with Crippen LogP contribution < -0.4 is 5.32 Å². The van der Waals surface area contributed by atoms with E-state index in [0.29, 0.717) is 4.31 Å². The number of nitrogens with one attached hydrogen (secondary N) is 1. The minimum atomic E-state index is -4.19. The maximum atomic E-state index is 13.9. The van der Waals surface area contributed by atoms with Gasteiger partial charge in [0.2, 0.25) is 11.8 Å². The van der Waals surface area contributed by atoms with Crippen molar-refractivity contribution in [1.82, 2.24) is 14.5 Å². The number of sulfonamides is 1. The number of amides is 3. The van der Waals surface area contributed by atoms with E-state index in [0.717, 1.165) is 16.7 Å². The number of carbonyl (C=O) groups excluding carboxylic acids is 3. The highest BCUT2D eigenvalue weighted by Crippen LogP contribution is 2.30. The van der Waals surface area contributed by atoms with Crippen LogP contribution in [0.1, 0.15) is 40.9 Å². The first-order chi connectivity index (χ1) is 18.1. The largest absolute Gasteiger partial charge is 0.352 e. The number of nitrogens with zero attached hydrogens (tertiary/aromatic N) is 2. The number of benzene rings is 3. The zero-order chi connectivity index (χ0) is 27.4. The predicted octanol–water partition coefficient (Wildman–Crippen LogP) is 3.30. The molecule has 0 saturated carbocycles. The van der Waals surface area contributed by atoms with E-state index in [9.17, 15) is 22.8 Å². The second kappa shape index (κ2) is 11.2. The second-order valence-electron chi connectivity index (χ2n) is 9.69. The number of hydrogen-bond acceptors (Lipinski definition) is 5. The van der Waals surface area contributed by atoms with Crippen LogP contribution in [0.2, 0.25) is 0 Å². The van der Waals surface area contributed by atoms with Crippen LogP contribution in [0.4, 0.5) is 0 Å². The molecule has 0 radical (unpaired) electrons. The minimum Gasteiger partial charge on any atom is -0.352 e. The van der Waals surface area contributed by atoms with Crippen molar-refractivity contribution in [2.45, 2.75) is 50.7 Å². The standard InChI is InChI=1S/C29H31N3O5S/c1-20(2)30-28(34)25(17-22-9-5-4-6-10-22)31(18-23-15-13-21(3)14-16-23)27(33)19-32-29(35)24-11-7-8-12-26(24)38(32,36)37/h4-16,20,25H,17-19H2,1-3H3,(H,30,34). The molecule has 3 amide bonds. The Morgan fingerprint density at radius 1 is 0.895 bits per heavy atom. The topological polar surface area (TPSA) is 104 Å². The van der Waals surface area contributed by atoms with E-state index in [2.05, 4.69) is 5.32 Å². The lowest BCUT2D eigenvalue weighted by Crippen LogP contribution is -2.54. The van der Waals surface area contributed by atoms with E-state index in [1.807, 2.05) is 75.4 Å². The van der Waals surface area contributed by atoms with Gasteiger partial charge in [-0.05, 0) is 44.0 Å². The summed E-state index contributed by atoms with van der Waals surface area (Å²) in [6.07, 6.45) is 0.220. The zero-order valence-electron chi connectivity index (χ0n) is 21.6. The minimum absolute atomic E-state index is 0.0313. The second-order valence-corrected chi connectivity index (χ2v) is 11.5. The van der Waals surface area contributed by atoms with Gasteiger partial charge in [-0.15, -0.1) is 0 Å². The van der Waals surface area contributed by atoms with Crippen molar-refractivity contribution in [2.24, 2.45) is 0 Å². The molecule has 1 aliphatic rings. The fraction of sp³-hybridized carbons (Fsp3) is 0.276. The smallest absolute Gasteiger partial charge is 0.269 e. The van der Waals surface area contributed by atoms with E-state index in [4.69, 9.17) is 0 Å². The lowest BCUT2D eigenvalue weighted by atomic mass is 10.0. The third kappa shape index (κ3) is 5.78. The maximum Gasteiger partial charge on any atom is 0.269 e. The first-order valence-electron chi connectivity index (χ1n) is 12.4. The summed E-state index contributed by atoms with van der Waals surface area (Å²) in [6, 6.07) is 21.6. The molecule has 0 aliphatic carbocycles. The molecule has 38 heavy (non-hydrogen) atoms. The Balaban J connectivity index is 1.71. The quantitative estimate of drug-likeness (QED) is 0.455. The molecule has 1 heterocycles. The molecule has 3 aromatic rings. The Hall–Kier alpha value is -3.98. The molecule has 1 unspecified atom stereocenters. The van der Waals surface area contributed by atoms with Crippen molar-refractivity contribution in [3.63, 3.8) is 0 Å². The number of carbonyl (C=O) groups is 3. The van der Waals surface area contributed by atoms with Crippen LogP contribution in [0.5, 0.6) is 0 Å². The highest BCUT2D eigenvalue weighted by Gasteiger charge is 2.43. The first-order valence-corrected chi connectivity index (χ1v) is 13.9. The molecule has 0 saturated heterocycles. The van der Waals surface area contributed by atoms with E-state index < -0.39 is 34.4 Å². The molecule has 4 rings (SSSR count). The number of hydrogen-bond donors (Lipinski definition) is 1. The number of fused-ring (bicyclic) bond motifs is 1. The Bertz CT molecular complexity index is 1440. The van der Waals surface area contributed by atoms with Crippen LogP contribution in [0.3, 0.4) is 0 Å². The van der Waals surface area contributed by atoms with E-state index >= 15 is 0 Å². The first kappa shape index (κ1) is 27.1. The Labute approximate surface area is 223 Å². The van der Waals surface area contributed by atoms with Crippen molar-refractivity contribution in [3.8, 4) is 0 Å². The summed E-state index contributed by atoms with van der Waals surface area (Å²) in [7, 11) is -4.19. The van der Waals surface area contributed by atoms with E-state index in [-0.39, 0.29) is 35.4 Å². The van der Waals surface area contributed by atoms with Gasteiger partial charge in [0.05, 0.1) is 5.56 Å². The van der Waals surface area contributed by atoms with Crippen LogP contribution in [-0.2, 0) is 32.6 Å². The number of aryl methyl sites for hydroxylation is 1. The molecule has 3 aromatic carbocycles. The molecule has 0 aromatic heterocycles. The Kier molecular flexibility index (Phi) is 7.97. The van der Waals surface area contributed by atoms with Gasteiger partial charge < -0.3 is 10.2 Å². The summed E-state index contributed by atoms with van der Waals surface area (Å²) in [5.41, 5.74) is 2.69. The average molecular weight is 534 g/mol. The molecule has 0 spiro atoms. The van der Waals surface area contributed by atoms with Gasteiger partial charge in [-0.2, -0.15) is 0 Å². The highest BCUT2D eigenvalue weighted by atomic mass is 32.2. The summed E-state index contributed by atoms with van der Waals surface area (Å²) in [6.45, 7) is 4.97. The summed E-state index contributed by atoms with van der Waals surface area (Å²) in [4.78, 5) is 41.6. The lowest BCUT2D eigenvalue weighted by Gasteiger charge is -2.33. The zero-order valence-corrected chi connectivity index (χ0v) is 22.4. The van der Waals surface area contributed by atoms with Crippen molar-refractivity contribution in [1.29, 1.82) is 0 Å². The van der Waals surface area contributed by atoms with Gasteiger partial charge in [-0.3, -0.25) is 14.4 Å². The molecule has 1 aliphatic heterocycles. The molecule has 0 bridgehead atoms. The Morgan fingerprint density at radius 2 is 1.53 bits per heavy atom. The Morgan fingerprint density at radius 3 is 2.16 bits per heavy atom. The van der Waals surface area contributed by atoms with Gasteiger partial charge in [0, 0.05) is 19.0 Å². The SMILES string of the molecule is Cc1ccc(CN(C(=O)CN2C(=O)c3ccccc3S2(=O)=O)C(Cc2ccccc2)C(=O)NC(C)C)cc1. The van der Waals surface area contributed by atoms with Crippen molar-refractivity contribution < 1.29 is 22.8 Å². The maximum absolute atomic E-state index is 13.9. The molecule has 1 N–H and O–H groups in total. The lowest BCUT2D eigenvalue weighted by molar-refractivity contribution is -0.141. The summed E-state index contributed by atoms with van der Waals surface area (Å²) >= 11 is 0. The molecule has 8 nitrogen and oxygen atoms in total. The third-order valence-corrected chi connectivity index (χ3v) is 8.15. The van der Waals surface area contributed by atoms with Crippen LogP contribution in [0.15, 0.2) is 83.8 Å². The molecular weight excluding hydrogens is 502 g/mol. The van der Waals surface area contributed by atoms with Gasteiger partial charge in [0.15, 0.2) is 0 Å². The van der Waals surface area contributed by atoms with Gasteiger partial charge in [0.25, 0.3) is 15.9 Å². The summed E-state index contributed by atoms with van der Waals surface area (Å²) < 4.78 is 26.9. The van der Waals surface area contributed by atoms with Crippen LogP contribution >= 0.6 is 0 Å². The third-order valence-electron chi connectivity index (χ3n) is 6.37. The molecule has 1 atom stereocenters. The molecule has 0 fully saturated rings. The van der Waals surface area contributed by atoms with Crippen LogP contribution in [-0.4, -0.2) is 54.0 Å². The summed E-state index contributed by atoms with van der Waals surface area (Å²) in [5.74, 6) is -1.76. The number of rotatable bonds is 9. The average Bonchev–Trinajstić information content (AvgIpc) is 3.08. The molecule has 9 heteroatoms. The highest BCUT2D eigenvalue weighted by molar-refractivity contribution is 7.90. The van der Waals surface area contributed by atoms with Crippen molar-refractivity contribution in [2.75, 3.05) is 6.54 Å². The van der Waals surface area contributed by atoms with Crippen LogP contribution in [0.25, 0.3) is 0 Å². The van der Waals surface area contributed by atoms with Gasteiger partial charge in [0.1, 0.15) is 17.5 Å². The molecule has 198 valence electrons. The summed E-state index contributed by atoms with van der Waals surface area (Å²) in [5, 5.41) is 2.89. The monoisotopic (exact) mass is 533 g/mol. The molecular formula is C29H31N3O5S. The van der Waals surface area contributed by atoms with Gasteiger partial charge in [-0.1, -0.05) is 72.3 Å². The van der Waals surface area contributed by atoms with E-state index in [1.54, 1.807) is 6.07 Å². The fourth-order valence-corrected chi connectivity index (χ4v) is 5.94. The van der Waals surface area contributed by atoms with Crippen LogP contribution in [0, 0.1) is 6.92 Å². The normalized spacial score (nSPS) is 14.7. The van der Waals surface area contributed by atoms with Crippen molar-refractivity contribution >= 4 is 27.7 Å². The van der Waals surface area contributed by atoms with Crippen molar-refractivity contribution in [3.05, 3.63) is 101 Å². The predicted molar refractivity (Wildman–Crippen MR) is 144 cm³/mol. The fourth-order valence-electron chi connectivity index (χ4n) is 4.43. The van der Waals surface area contributed by atoms with Gasteiger partial charge >= 0.3 is 0 Å². The van der Waals surface area contributed by atoms with Gasteiger partial charge in [-0.25, -0.2) is 12.7 Å². The van der Waals surface area contributed by atoms with E-state index in [1.165, 1.54) is 23.1 Å².